The molecule has 0 saturated carbocycles. The van der Waals surface area contributed by atoms with E-state index < -0.39 is 0 Å². The lowest BCUT2D eigenvalue weighted by atomic mass is 10.3. The molecular formula is C11H9IN2O. The molecule has 2 N–H and O–H groups in total. The molecule has 3 nitrogen and oxygen atoms in total. The van der Waals surface area contributed by atoms with Gasteiger partial charge in [-0.05, 0) is 52.9 Å². The maximum Gasteiger partial charge on any atom is 0.219 e. The van der Waals surface area contributed by atoms with Crippen molar-refractivity contribution in [2.75, 3.05) is 5.73 Å². The molecule has 0 aliphatic carbocycles. The van der Waals surface area contributed by atoms with Crippen LogP contribution in [-0.2, 0) is 0 Å². The van der Waals surface area contributed by atoms with Crippen LogP contribution in [0.2, 0.25) is 0 Å². The number of aromatic nitrogens is 1. The van der Waals surface area contributed by atoms with E-state index in [-0.39, 0.29) is 0 Å². The molecule has 1 aromatic heterocycles. The van der Waals surface area contributed by atoms with Gasteiger partial charge in [-0.15, -0.1) is 0 Å². The maximum absolute atomic E-state index is 5.52. The van der Waals surface area contributed by atoms with Gasteiger partial charge in [0.05, 0.1) is 11.9 Å². The number of benzene rings is 1. The van der Waals surface area contributed by atoms with E-state index in [1.54, 1.807) is 18.3 Å². The molecular weight excluding hydrogens is 303 g/mol. The summed E-state index contributed by atoms with van der Waals surface area (Å²) in [6, 6.07) is 11.3. The van der Waals surface area contributed by atoms with Crippen LogP contribution in [0.25, 0.3) is 0 Å². The van der Waals surface area contributed by atoms with Crippen LogP contribution in [0.1, 0.15) is 0 Å². The van der Waals surface area contributed by atoms with Gasteiger partial charge in [0.1, 0.15) is 5.75 Å². The van der Waals surface area contributed by atoms with Crippen molar-refractivity contribution < 1.29 is 4.74 Å². The topological polar surface area (TPSA) is 48.1 Å². The Hall–Kier alpha value is -1.30. The number of pyridine rings is 1. The highest BCUT2D eigenvalue weighted by Crippen LogP contribution is 2.20. The maximum atomic E-state index is 5.52. The second-order valence-electron chi connectivity index (χ2n) is 2.99. The van der Waals surface area contributed by atoms with Crippen molar-refractivity contribution in [2.45, 2.75) is 0 Å². The molecule has 76 valence electrons. The summed E-state index contributed by atoms with van der Waals surface area (Å²) >= 11 is 2.24. The lowest BCUT2D eigenvalue weighted by Crippen LogP contribution is -1.90. The minimum Gasteiger partial charge on any atom is -0.439 e. The van der Waals surface area contributed by atoms with Gasteiger partial charge < -0.3 is 10.5 Å². The molecule has 0 aliphatic heterocycles. The van der Waals surface area contributed by atoms with E-state index in [0.29, 0.717) is 11.6 Å². The average Bonchev–Trinajstić information content (AvgIpc) is 2.25. The molecule has 4 heteroatoms. The summed E-state index contributed by atoms with van der Waals surface area (Å²) in [5.74, 6) is 1.32. The Balaban J connectivity index is 2.15. The molecule has 0 amide bonds. The Kier molecular flexibility index (Phi) is 3.05. The highest BCUT2D eigenvalue weighted by Gasteiger charge is 1.97. The third-order valence-corrected chi connectivity index (χ3v) is 2.51. The fraction of sp³-hybridized carbons (Fsp3) is 0. The van der Waals surface area contributed by atoms with Gasteiger partial charge in [-0.1, -0.05) is 0 Å². The third-order valence-electron chi connectivity index (χ3n) is 1.80. The van der Waals surface area contributed by atoms with Crippen LogP contribution in [0, 0.1) is 3.57 Å². The second-order valence-corrected chi connectivity index (χ2v) is 4.23. The van der Waals surface area contributed by atoms with Crippen molar-refractivity contribution in [2.24, 2.45) is 0 Å². The van der Waals surface area contributed by atoms with Gasteiger partial charge in [0.25, 0.3) is 0 Å². The van der Waals surface area contributed by atoms with E-state index in [1.807, 2.05) is 24.3 Å². The molecule has 0 spiro atoms. The minimum absolute atomic E-state index is 0.547. The molecule has 0 aliphatic rings. The monoisotopic (exact) mass is 312 g/mol. The molecule has 0 fully saturated rings. The Bertz CT molecular complexity index is 396. The first-order valence-electron chi connectivity index (χ1n) is 4.39. The number of nitrogens with zero attached hydrogens (tertiary/aromatic N) is 1. The van der Waals surface area contributed by atoms with Gasteiger partial charge in [0, 0.05) is 9.64 Å². The van der Waals surface area contributed by atoms with Crippen LogP contribution < -0.4 is 10.5 Å². The Morgan fingerprint density at radius 3 is 2.40 bits per heavy atom. The summed E-state index contributed by atoms with van der Waals surface area (Å²) in [6.45, 7) is 0. The quantitative estimate of drug-likeness (QED) is 0.867. The zero-order valence-corrected chi connectivity index (χ0v) is 10.0. The molecule has 2 rings (SSSR count). The molecule has 1 heterocycles. The normalized spacial score (nSPS) is 9.93. The molecule has 0 unspecified atom stereocenters. The number of nitrogen functional groups attached to an aromatic ring is 1. The Morgan fingerprint density at radius 2 is 1.80 bits per heavy atom. The Morgan fingerprint density at radius 1 is 1.07 bits per heavy atom. The van der Waals surface area contributed by atoms with Gasteiger partial charge in [-0.2, -0.15) is 0 Å². The highest BCUT2D eigenvalue weighted by molar-refractivity contribution is 14.1. The van der Waals surface area contributed by atoms with E-state index in [9.17, 15) is 0 Å². The summed E-state index contributed by atoms with van der Waals surface area (Å²) in [7, 11) is 0. The molecule has 0 radical (unpaired) electrons. The number of halogens is 1. The molecule has 0 saturated heterocycles. The van der Waals surface area contributed by atoms with E-state index in [4.69, 9.17) is 10.5 Å². The number of hydrogen-bond donors (Lipinski definition) is 1. The summed E-state index contributed by atoms with van der Waals surface area (Å²) in [5, 5.41) is 0. The third kappa shape index (κ3) is 2.82. The van der Waals surface area contributed by atoms with Crippen molar-refractivity contribution in [3.05, 3.63) is 46.2 Å². The lowest BCUT2D eigenvalue weighted by molar-refractivity contribution is 0.463. The van der Waals surface area contributed by atoms with Crippen molar-refractivity contribution in [1.29, 1.82) is 0 Å². The molecule has 2 aromatic rings. The van der Waals surface area contributed by atoms with Crippen LogP contribution in [0.15, 0.2) is 42.6 Å². The van der Waals surface area contributed by atoms with Crippen LogP contribution in [0.3, 0.4) is 0 Å². The zero-order chi connectivity index (χ0) is 10.7. The smallest absolute Gasteiger partial charge is 0.219 e. The molecule has 0 atom stereocenters. The zero-order valence-electron chi connectivity index (χ0n) is 7.85. The van der Waals surface area contributed by atoms with Gasteiger partial charge in [-0.25, -0.2) is 4.98 Å². The van der Waals surface area contributed by atoms with E-state index >= 15 is 0 Å². The first kappa shape index (κ1) is 10.2. The fourth-order valence-corrected chi connectivity index (χ4v) is 1.44. The first-order chi connectivity index (χ1) is 7.24. The SMILES string of the molecule is Nc1ccc(Oc2ccc(I)cc2)nc1. The van der Waals surface area contributed by atoms with Gasteiger partial charge in [-0.3, -0.25) is 0 Å². The molecule has 1 aromatic carbocycles. The average molecular weight is 312 g/mol. The van der Waals surface area contributed by atoms with E-state index in [2.05, 4.69) is 27.6 Å². The summed E-state index contributed by atoms with van der Waals surface area (Å²) < 4.78 is 6.69. The predicted octanol–water partition coefficient (Wildman–Crippen LogP) is 3.06. The second kappa shape index (κ2) is 4.48. The van der Waals surface area contributed by atoms with Crippen molar-refractivity contribution in [3.8, 4) is 11.6 Å². The molecule has 0 bridgehead atoms. The molecule has 15 heavy (non-hydrogen) atoms. The van der Waals surface area contributed by atoms with Crippen LogP contribution >= 0.6 is 22.6 Å². The van der Waals surface area contributed by atoms with Crippen LogP contribution in [0.5, 0.6) is 11.6 Å². The first-order valence-corrected chi connectivity index (χ1v) is 5.47. The summed E-state index contributed by atoms with van der Waals surface area (Å²) in [5.41, 5.74) is 6.15. The number of rotatable bonds is 2. The predicted molar refractivity (Wildman–Crippen MR) is 67.9 cm³/mol. The number of anilines is 1. The van der Waals surface area contributed by atoms with Crippen molar-refractivity contribution in [3.63, 3.8) is 0 Å². The van der Waals surface area contributed by atoms with Crippen molar-refractivity contribution >= 4 is 28.3 Å². The lowest BCUT2D eigenvalue weighted by Gasteiger charge is -2.04. The van der Waals surface area contributed by atoms with Gasteiger partial charge in [0.2, 0.25) is 5.88 Å². The standard InChI is InChI=1S/C11H9IN2O/c12-8-1-4-10(5-2-8)15-11-6-3-9(13)7-14-11/h1-7H,13H2. The Labute approximate surface area is 101 Å². The fourth-order valence-electron chi connectivity index (χ4n) is 1.08. The van der Waals surface area contributed by atoms with Crippen LogP contribution in [0.4, 0.5) is 5.69 Å². The largest absolute Gasteiger partial charge is 0.439 e. The summed E-state index contributed by atoms with van der Waals surface area (Å²) in [4.78, 5) is 4.05. The van der Waals surface area contributed by atoms with E-state index in [0.717, 1.165) is 5.75 Å². The van der Waals surface area contributed by atoms with Crippen LogP contribution in [-0.4, -0.2) is 4.98 Å². The van der Waals surface area contributed by atoms with Crippen molar-refractivity contribution in [1.82, 2.24) is 4.98 Å². The number of hydrogen-bond acceptors (Lipinski definition) is 3. The minimum atomic E-state index is 0.547. The van der Waals surface area contributed by atoms with Gasteiger partial charge >= 0.3 is 0 Å². The van der Waals surface area contributed by atoms with Gasteiger partial charge in [0.15, 0.2) is 0 Å². The number of nitrogens with two attached hydrogens (primary N) is 1. The number of ether oxygens (including phenoxy) is 1. The summed E-state index contributed by atoms with van der Waals surface area (Å²) in [6.07, 6.45) is 1.57. The van der Waals surface area contributed by atoms with E-state index in [1.165, 1.54) is 3.57 Å². The highest BCUT2D eigenvalue weighted by atomic mass is 127.